The fraction of sp³-hybridized carbons (Fsp3) is 0.364. The summed E-state index contributed by atoms with van der Waals surface area (Å²) in [5.41, 5.74) is -0.446. The Morgan fingerprint density at radius 1 is 0.805 bits per heavy atom. The lowest BCUT2D eigenvalue weighted by Crippen LogP contribution is -2.67. The highest BCUT2D eigenvalue weighted by Crippen LogP contribution is 2.37. The SMILES string of the molecule is CC(C)(C)OC(=O)N1C[C@H](OC(=O)c2ccccc2)C(=O)[C@H]1CO[Si](c1ccccc1)(c1ccccc1)C(C)(C)C. The molecule has 3 aromatic rings. The van der Waals surface area contributed by atoms with Crippen molar-refractivity contribution in [1.82, 2.24) is 4.90 Å². The van der Waals surface area contributed by atoms with E-state index in [1.165, 1.54) is 4.90 Å². The Labute approximate surface area is 243 Å². The predicted molar refractivity (Wildman–Crippen MR) is 161 cm³/mol. The standard InChI is InChI=1S/C33H39NO6Si/c1-32(2,3)40-31(37)34-22-28(39-30(36)24-16-10-7-11-17-24)29(35)27(34)23-38-41(33(4,5)6,25-18-12-8-13-19-25)26-20-14-9-15-21-26/h7-21,27-28H,22-23H2,1-6H3/t27-,28+/m1/s1. The Bertz CT molecular complexity index is 1310. The highest BCUT2D eigenvalue weighted by molar-refractivity contribution is 6.99. The normalized spacial score (nSPS) is 17.8. The van der Waals surface area contributed by atoms with Gasteiger partial charge >= 0.3 is 12.1 Å². The molecule has 1 saturated heterocycles. The van der Waals surface area contributed by atoms with Crippen LogP contribution in [0.1, 0.15) is 51.9 Å². The third-order valence-electron chi connectivity index (χ3n) is 7.15. The molecular formula is C33H39NO6Si. The lowest BCUT2D eigenvalue weighted by Gasteiger charge is -2.43. The molecule has 8 heteroatoms. The maximum Gasteiger partial charge on any atom is 0.411 e. The summed E-state index contributed by atoms with van der Waals surface area (Å²) in [6.07, 6.45) is -1.79. The van der Waals surface area contributed by atoms with E-state index in [9.17, 15) is 14.4 Å². The molecule has 0 spiro atoms. The van der Waals surface area contributed by atoms with Crippen LogP contribution >= 0.6 is 0 Å². The van der Waals surface area contributed by atoms with Gasteiger partial charge in [0.25, 0.3) is 8.32 Å². The quantitative estimate of drug-likeness (QED) is 0.293. The number of rotatable bonds is 7. The van der Waals surface area contributed by atoms with E-state index >= 15 is 0 Å². The summed E-state index contributed by atoms with van der Waals surface area (Å²) < 4.78 is 18.3. The van der Waals surface area contributed by atoms with Crippen LogP contribution < -0.4 is 10.4 Å². The number of likely N-dealkylation sites (tertiary alicyclic amines) is 1. The van der Waals surface area contributed by atoms with Crippen molar-refractivity contribution in [3.63, 3.8) is 0 Å². The molecule has 1 aliphatic heterocycles. The van der Waals surface area contributed by atoms with Crippen molar-refractivity contribution >= 4 is 36.5 Å². The first-order valence-corrected chi connectivity index (χ1v) is 15.8. The zero-order chi connectivity index (χ0) is 29.8. The van der Waals surface area contributed by atoms with Crippen LogP contribution in [0.5, 0.6) is 0 Å². The number of hydrogen-bond acceptors (Lipinski definition) is 6. The van der Waals surface area contributed by atoms with Gasteiger partial charge in [-0.15, -0.1) is 0 Å². The highest BCUT2D eigenvalue weighted by atomic mass is 28.4. The minimum Gasteiger partial charge on any atom is -0.449 e. The predicted octanol–water partition coefficient (Wildman–Crippen LogP) is 4.98. The monoisotopic (exact) mass is 573 g/mol. The van der Waals surface area contributed by atoms with Crippen molar-refractivity contribution in [2.75, 3.05) is 13.2 Å². The molecule has 1 aliphatic rings. The van der Waals surface area contributed by atoms with E-state index in [4.69, 9.17) is 13.9 Å². The average Bonchev–Trinajstić information content (AvgIpc) is 3.24. The van der Waals surface area contributed by atoms with E-state index < -0.39 is 43.9 Å². The van der Waals surface area contributed by atoms with Gasteiger partial charge in [-0.3, -0.25) is 9.69 Å². The minimum atomic E-state index is -3.00. The molecule has 0 N–H and O–H groups in total. The van der Waals surface area contributed by atoms with Crippen LogP contribution in [0, 0.1) is 0 Å². The fourth-order valence-corrected chi connectivity index (χ4v) is 9.85. The van der Waals surface area contributed by atoms with Gasteiger partial charge in [0, 0.05) is 0 Å². The third-order valence-corrected chi connectivity index (χ3v) is 12.2. The molecule has 216 valence electrons. The Hall–Kier alpha value is -3.75. The number of amides is 1. The molecule has 1 heterocycles. The Morgan fingerprint density at radius 3 is 1.76 bits per heavy atom. The number of ketones is 1. The topological polar surface area (TPSA) is 82.1 Å². The number of esters is 1. The molecule has 0 bridgehead atoms. The average molecular weight is 574 g/mol. The Balaban J connectivity index is 1.70. The van der Waals surface area contributed by atoms with Crippen molar-refractivity contribution in [3.8, 4) is 0 Å². The molecule has 0 unspecified atom stereocenters. The Morgan fingerprint density at radius 2 is 1.29 bits per heavy atom. The third kappa shape index (κ3) is 6.60. The molecule has 7 nitrogen and oxygen atoms in total. The second-order valence-corrected chi connectivity index (χ2v) is 16.6. The highest BCUT2D eigenvalue weighted by Gasteiger charge is 2.53. The number of benzene rings is 3. The van der Waals surface area contributed by atoms with Crippen molar-refractivity contribution in [2.45, 2.75) is 64.3 Å². The van der Waals surface area contributed by atoms with Gasteiger partial charge in [-0.25, -0.2) is 9.59 Å². The second-order valence-electron chi connectivity index (χ2n) is 12.3. The molecule has 3 aromatic carbocycles. The smallest absolute Gasteiger partial charge is 0.411 e. The molecule has 1 fully saturated rings. The number of hydrogen-bond donors (Lipinski definition) is 0. The van der Waals surface area contributed by atoms with Gasteiger partial charge in [0.15, 0.2) is 11.9 Å². The van der Waals surface area contributed by atoms with E-state index in [2.05, 4.69) is 45.0 Å². The summed E-state index contributed by atoms with van der Waals surface area (Å²) in [7, 11) is -3.00. The second kappa shape index (κ2) is 12.0. The van der Waals surface area contributed by atoms with Crippen LogP contribution in [-0.2, 0) is 18.7 Å². The van der Waals surface area contributed by atoms with Crippen molar-refractivity contribution in [2.24, 2.45) is 0 Å². The maximum absolute atomic E-state index is 13.8. The van der Waals surface area contributed by atoms with Crippen molar-refractivity contribution in [1.29, 1.82) is 0 Å². The first-order valence-electron chi connectivity index (χ1n) is 13.9. The fourth-order valence-electron chi connectivity index (χ4n) is 5.29. The van der Waals surface area contributed by atoms with Crippen LogP contribution in [0.2, 0.25) is 5.04 Å². The van der Waals surface area contributed by atoms with E-state index in [-0.39, 0.29) is 18.2 Å². The van der Waals surface area contributed by atoms with Crippen molar-refractivity contribution in [3.05, 3.63) is 96.6 Å². The van der Waals surface area contributed by atoms with Gasteiger partial charge in [0.05, 0.1) is 18.7 Å². The lowest BCUT2D eigenvalue weighted by molar-refractivity contribution is -0.127. The minimum absolute atomic E-state index is 0.0647. The summed E-state index contributed by atoms with van der Waals surface area (Å²) in [4.78, 5) is 41.3. The summed E-state index contributed by atoms with van der Waals surface area (Å²) in [6, 6.07) is 27.6. The molecule has 4 rings (SSSR count). The lowest BCUT2D eigenvalue weighted by atomic mass is 10.2. The molecule has 0 radical (unpaired) electrons. The van der Waals surface area contributed by atoms with E-state index in [0.29, 0.717) is 5.56 Å². The van der Waals surface area contributed by atoms with Crippen LogP contribution in [0.3, 0.4) is 0 Å². The molecular weight excluding hydrogens is 534 g/mol. The zero-order valence-corrected chi connectivity index (χ0v) is 25.6. The first-order chi connectivity index (χ1) is 19.3. The molecule has 0 saturated carbocycles. The zero-order valence-electron chi connectivity index (χ0n) is 24.6. The van der Waals surface area contributed by atoms with Crippen LogP contribution in [-0.4, -0.2) is 62.0 Å². The summed E-state index contributed by atoms with van der Waals surface area (Å²) in [5, 5.41) is 1.79. The van der Waals surface area contributed by atoms with E-state index in [1.807, 2.05) is 36.4 Å². The maximum atomic E-state index is 13.8. The van der Waals surface area contributed by atoms with Crippen LogP contribution in [0.25, 0.3) is 0 Å². The summed E-state index contributed by atoms with van der Waals surface area (Å²) >= 11 is 0. The Kier molecular flexibility index (Phi) is 8.85. The van der Waals surface area contributed by atoms with Gasteiger partial charge in [-0.2, -0.15) is 0 Å². The number of carbonyl (C=O) groups excluding carboxylic acids is 3. The largest absolute Gasteiger partial charge is 0.449 e. The van der Waals surface area contributed by atoms with Gasteiger partial charge in [-0.05, 0) is 48.3 Å². The van der Waals surface area contributed by atoms with Gasteiger partial charge in [0.2, 0.25) is 0 Å². The van der Waals surface area contributed by atoms with Gasteiger partial charge < -0.3 is 13.9 Å². The molecule has 2 atom stereocenters. The van der Waals surface area contributed by atoms with E-state index in [1.54, 1.807) is 51.1 Å². The molecule has 41 heavy (non-hydrogen) atoms. The number of ether oxygens (including phenoxy) is 2. The van der Waals surface area contributed by atoms with E-state index in [0.717, 1.165) is 10.4 Å². The van der Waals surface area contributed by atoms with Crippen molar-refractivity contribution < 1.29 is 28.3 Å². The summed E-state index contributed by atoms with van der Waals surface area (Å²) in [6.45, 7) is 11.6. The van der Waals surface area contributed by atoms with Crippen LogP contribution in [0.4, 0.5) is 4.79 Å². The number of carbonyl (C=O) groups is 3. The first kappa shape index (κ1) is 30.2. The number of Topliss-reactive ketones (excluding diaryl/α,β-unsaturated/α-hetero) is 1. The molecule has 0 aliphatic carbocycles. The molecule has 1 amide bonds. The number of nitrogens with zero attached hydrogens (tertiary/aromatic N) is 1. The van der Waals surface area contributed by atoms with Gasteiger partial charge in [-0.1, -0.05) is 99.6 Å². The van der Waals surface area contributed by atoms with Crippen LogP contribution in [0.15, 0.2) is 91.0 Å². The molecule has 0 aromatic heterocycles. The summed E-state index contributed by atoms with van der Waals surface area (Å²) in [5.74, 6) is -1.01. The van der Waals surface area contributed by atoms with Gasteiger partial charge in [0.1, 0.15) is 11.6 Å².